The van der Waals surface area contributed by atoms with Crippen LogP contribution in [0.5, 0.6) is 5.75 Å². The van der Waals surface area contributed by atoms with Crippen LogP contribution in [0.4, 0.5) is 0 Å². The first-order chi connectivity index (χ1) is 11.0. The SMILES string of the molecule is COC(=O)c1cc(-c2ccc(OC)cc2)nc2c1c(C)nn2C. The minimum Gasteiger partial charge on any atom is -0.497 e. The topological polar surface area (TPSA) is 66.2 Å². The maximum atomic E-state index is 12.2. The van der Waals surface area contributed by atoms with E-state index in [0.29, 0.717) is 16.9 Å². The molecule has 0 saturated heterocycles. The second-order valence-corrected chi connectivity index (χ2v) is 5.18. The highest BCUT2D eigenvalue weighted by atomic mass is 16.5. The number of pyridine rings is 1. The van der Waals surface area contributed by atoms with Crippen molar-refractivity contribution in [3.8, 4) is 17.0 Å². The number of aromatic nitrogens is 3. The van der Waals surface area contributed by atoms with E-state index in [-0.39, 0.29) is 0 Å². The van der Waals surface area contributed by atoms with Gasteiger partial charge in [0.25, 0.3) is 0 Å². The fraction of sp³-hybridized carbons (Fsp3) is 0.235. The van der Waals surface area contributed by atoms with Crippen LogP contribution in [0.3, 0.4) is 0 Å². The van der Waals surface area contributed by atoms with Gasteiger partial charge >= 0.3 is 5.97 Å². The molecule has 0 spiro atoms. The average molecular weight is 311 g/mol. The molecule has 0 unspecified atom stereocenters. The van der Waals surface area contributed by atoms with Gasteiger partial charge in [-0.2, -0.15) is 5.10 Å². The Bertz CT molecular complexity index is 882. The van der Waals surface area contributed by atoms with E-state index < -0.39 is 5.97 Å². The van der Waals surface area contributed by atoms with Crippen LogP contribution in [0.25, 0.3) is 22.3 Å². The Morgan fingerprint density at radius 2 is 1.87 bits per heavy atom. The molecule has 0 fully saturated rings. The molecule has 0 saturated carbocycles. The lowest BCUT2D eigenvalue weighted by molar-refractivity contribution is 0.0603. The molecule has 23 heavy (non-hydrogen) atoms. The number of ether oxygens (including phenoxy) is 2. The lowest BCUT2D eigenvalue weighted by atomic mass is 10.1. The predicted molar refractivity (Wildman–Crippen MR) is 86.6 cm³/mol. The number of fused-ring (bicyclic) bond motifs is 1. The van der Waals surface area contributed by atoms with E-state index in [9.17, 15) is 4.79 Å². The Kier molecular flexibility index (Phi) is 3.73. The third kappa shape index (κ3) is 2.52. The fourth-order valence-electron chi connectivity index (χ4n) is 2.63. The number of nitrogens with zero attached hydrogens (tertiary/aromatic N) is 3. The minimum atomic E-state index is -0.400. The van der Waals surface area contributed by atoms with Crippen molar-refractivity contribution in [2.75, 3.05) is 14.2 Å². The summed E-state index contributed by atoms with van der Waals surface area (Å²) in [5.41, 5.74) is 3.43. The summed E-state index contributed by atoms with van der Waals surface area (Å²) < 4.78 is 11.8. The Morgan fingerprint density at radius 1 is 1.17 bits per heavy atom. The minimum absolute atomic E-state index is 0.400. The maximum Gasteiger partial charge on any atom is 0.338 e. The number of carbonyl (C=O) groups excluding carboxylic acids is 1. The zero-order valence-corrected chi connectivity index (χ0v) is 13.5. The first-order valence-electron chi connectivity index (χ1n) is 7.12. The van der Waals surface area contributed by atoms with Crippen LogP contribution in [0.1, 0.15) is 16.1 Å². The van der Waals surface area contributed by atoms with Crippen LogP contribution >= 0.6 is 0 Å². The summed E-state index contributed by atoms with van der Waals surface area (Å²) in [5, 5.41) is 5.08. The first kappa shape index (κ1) is 15.0. The van der Waals surface area contributed by atoms with Crippen LogP contribution in [0, 0.1) is 6.92 Å². The highest BCUT2D eigenvalue weighted by Gasteiger charge is 2.19. The third-order valence-corrected chi connectivity index (χ3v) is 3.76. The lowest BCUT2D eigenvalue weighted by Gasteiger charge is -2.07. The molecular weight excluding hydrogens is 294 g/mol. The Hall–Kier alpha value is -2.89. The second kappa shape index (κ2) is 5.72. The van der Waals surface area contributed by atoms with Crippen LogP contribution < -0.4 is 4.74 Å². The molecule has 118 valence electrons. The summed E-state index contributed by atoms with van der Waals surface area (Å²) >= 11 is 0. The number of benzene rings is 1. The Labute approximate surface area is 133 Å². The Balaban J connectivity index is 2.25. The molecule has 2 heterocycles. The molecule has 1 aromatic carbocycles. The number of methoxy groups -OCH3 is 2. The molecule has 0 aliphatic heterocycles. The van der Waals surface area contributed by atoms with E-state index in [1.165, 1.54) is 7.11 Å². The molecule has 6 heteroatoms. The van der Waals surface area contributed by atoms with Gasteiger partial charge in [-0.3, -0.25) is 4.68 Å². The molecule has 6 nitrogen and oxygen atoms in total. The fourth-order valence-corrected chi connectivity index (χ4v) is 2.63. The van der Waals surface area contributed by atoms with Gasteiger partial charge in [0.2, 0.25) is 0 Å². The van der Waals surface area contributed by atoms with E-state index in [0.717, 1.165) is 22.4 Å². The van der Waals surface area contributed by atoms with Crippen LogP contribution in [0.15, 0.2) is 30.3 Å². The van der Waals surface area contributed by atoms with Crippen molar-refractivity contribution in [1.29, 1.82) is 0 Å². The van der Waals surface area contributed by atoms with Crippen molar-refractivity contribution in [3.05, 3.63) is 41.6 Å². The summed E-state index contributed by atoms with van der Waals surface area (Å²) in [4.78, 5) is 16.8. The van der Waals surface area contributed by atoms with Crippen LogP contribution in [-0.4, -0.2) is 35.0 Å². The smallest absolute Gasteiger partial charge is 0.338 e. The van der Waals surface area contributed by atoms with Crippen molar-refractivity contribution in [3.63, 3.8) is 0 Å². The van der Waals surface area contributed by atoms with Crippen molar-refractivity contribution >= 4 is 17.0 Å². The van der Waals surface area contributed by atoms with E-state index in [4.69, 9.17) is 9.47 Å². The van der Waals surface area contributed by atoms with Crippen molar-refractivity contribution < 1.29 is 14.3 Å². The highest BCUT2D eigenvalue weighted by molar-refractivity contribution is 6.04. The third-order valence-electron chi connectivity index (χ3n) is 3.76. The van der Waals surface area contributed by atoms with Gasteiger partial charge in [0.1, 0.15) is 5.75 Å². The zero-order valence-electron chi connectivity index (χ0n) is 13.5. The van der Waals surface area contributed by atoms with Gasteiger partial charge < -0.3 is 9.47 Å². The monoisotopic (exact) mass is 311 g/mol. The van der Waals surface area contributed by atoms with E-state index >= 15 is 0 Å². The normalized spacial score (nSPS) is 10.8. The van der Waals surface area contributed by atoms with Gasteiger partial charge in [0.15, 0.2) is 5.65 Å². The molecule has 0 atom stereocenters. The highest BCUT2D eigenvalue weighted by Crippen LogP contribution is 2.28. The summed E-state index contributed by atoms with van der Waals surface area (Å²) in [5.74, 6) is 0.364. The van der Waals surface area contributed by atoms with E-state index in [1.807, 2.05) is 31.2 Å². The number of hydrogen-bond donors (Lipinski definition) is 0. The van der Waals surface area contributed by atoms with Crippen LogP contribution in [0.2, 0.25) is 0 Å². The molecule has 0 radical (unpaired) electrons. The number of esters is 1. The predicted octanol–water partition coefficient (Wildman–Crippen LogP) is 2.74. The standard InChI is InChI=1S/C17H17N3O3/c1-10-15-13(17(21)23-4)9-14(18-16(15)20(2)19-10)11-5-7-12(22-3)8-6-11/h5-9H,1-4H3. The molecule has 0 N–H and O–H groups in total. The number of rotatable bonds is 3. The van der Waals surface area contributed by atoms with Gasteiger partial charge in [0, 0.05) is 12.6 Å². The maximum absolute atomic E-state index is 12.2. The zero-order chi connectivity index (χ0) is 16.6. The van der Waals surface area contributed by atoms with Gasteiger partial charge in [-0.25, -0.2) is 9.78 Å². The molecule has 0 aliphatic rings. The van der Waals surface area contributed by atoms with Crippen molar-refractivity contribution in [2.45, 2.75) is 6.92 Å². The quantitative estimate of drug-likeness (QED) is 0.696. The molecule has 3 aromatic rings. The lowest BCUT2D eigenvalue weighted by Crippen LogP contribution is -2.04. The Morgan fingerprint density at radius 3 is 2.48 bits per heavy atom. The van der Waals surface area contributed by atoms with Gasteiger partial charge in [-0.05, 0) is 37.3 Å². The summed E-state index contributed by atoms with van der Waals surface area (Å²) in [6, 6.07) is 9.25. The van der Waals surface area contributed by atoms with Gasteiger partial charge in [0.05, 0.1) is 36.6 Å². The molecule has 2 aromatic heterocycles. The van der Waals surface area contributed by atoms with E-state index in [2.05, 4.69) is 10.1 Å². The van der Waals surface area contributed by atoms with E-state index in [1.54, 1.807) is 24.9 Å². The molecule has 0 aliphatic carbocycles. The molecular formula is C17H17N3O3. The summed E-state index contributed by atoms with van der Waals surface area (Å²) in [6.07, 6.45) is 0. The van der Waals surface area contributed by atoms with Gasteiger partial charge in [-0.15, -0.1) is 0 Å². The molecule has 0 bridgehead atoms. The summed E-state index contributed by atoms with van der Waals surface area (Å²) in [6.45, 7) is 1.85. The van der Waals surface area contributed by atoms with Crippen molar-refractivity contribution in [2.24, 2.45) is 7.05 Å². The molecule has 0 amide bonds. The average Bonchev–Trinajstić information content (AvgIpc) is 2.88. The number of hydrogen-bond acceptors (Lipinski definition) is 5. The van der Waals surface area contributed by atoms with Gasteiger partial charge in [-0.1, -0.05) is 0 Å². The number of aryl methyl sites for hydroxylation is 2. The van der Waals surface area contributed by atoms with Crippen LogP contribution in [-0.2, 0) is 11.8 Å². The molecule has 3 rings (SSSR count). The second-order valence-electron chi connectivity index (χ2n) is 5.18. The first-order valence-corrected chi connectivity index (χ1v) is 7.12. The number of carbonyl (C=O) groups is 1. The van der Waals surface area contributed by atoms with Crippen molar-refractivity contribution in [1.82, 2.24) is 14.8 Å². The largest absolute Gasteiger partial charge is 0.497 e. The summed E-state index contributed by atoms with van der Waals surface area (Å²) in [7, 11) is 4.79.